The van der Waals surface area contributed by atoms with Gasteiger partial charge >= 0.3 is 6.03 Å². The normalized spacial score (nSPS) is 11.2. The van der Waals surface area contributed by atoms with Gasteiger partial charge in [-0.3, -0.25) is 0 Å². The Morgan fingerprint density at radius 2 is 1.91 bits per heavy atom. The predicted molar refractivity (Wildman–Crippen MR) is 95.2 cm³/mol. The molecule has 2 rings (SSSR count). The van der Waals surface area contributed by atoms with Crippen LogP contribution in [-0.4, -0.2) is 16.8 Å². The van der Waals surface area contributed by atoms with Crippen LogP contribution >= 0.6 is 0 Å². The van der Waals surface area contributed by atoms with Crippen molar-refractivity contribution in [3.05, 3.63) is 52.8 Å². The van der Waals surface area contributed by atoms with Crippen LogP contribution in [0, 0.1) is 20.8 Å². The van der Waals surface area contributed by atoms with Crippen molar-refractivity contribution in [3.63, 3.8) is 0 Å². The molecule has 0 fully saturated rings. The number of rotatable bonds is 4. The molecule has 2 aromatic rings. The molecule has 0 unspecified atom stereocenters. The topological polar surface area (TPSA) is 58.4 Å². The van der Waals surface area contributed by atoms with Crippen LogP contribution in [0.4, 0.5) is 10.5 Å². The monoisotopic (exact) mass is 312 g/mol. The van der Waals surface area contributed by atoms with Crippen LogP contribution in [0.2, 0.25) is 0 Å². The lowest BCUT2D eigenvalue weighted by Crippen LogP contribution is -2.24. The van der Waals surface area contributed by atoms with E-state index in [-0.39, 0.29) is 6.03 Å². The number of hydrogen-bond acceptors (Lipinski definition) is 2. The summed E-state index contributed by atoms with van der Waals surface area (Å²) in [6.07, 6.45) is 1.68. The van der Waals surface area contributed by atoms with Gasteiger partial charge in [0.1, 0.15) is 0 Å². The molecule has 0 spiro atoms. The van der Waals surface area contributed by atoms with Gasteiger partial charge < -0.3 is 9.88 Å². The number of hydrazone groups is 1. The molecule has 0 aliphatic rings. The zero-order valence-electron chi connectivity index (χ0n) is 14.3. The minimum Gasteiger partial charge on any atom is -0.346 e. The van der Waals surface area contributed by atoms with Crippen molar-refractivity contribution in [2.24, 2.45) is 5.10 Å². The van der Waals surface area contributed by atoms with E-state index in [9.17, 15) is 4.79 Å². The number of nitrogens with zero attached hydrogens (tertiary/aromatic N) is 2. The van der Waals surface area contributed by atoms with Crippen molar-refractivity contribution < 1.29 is 4.79 Å². The maximum atomic E-state index is 11.9. The highest BCUT2D eigenvalue weighted by Crippen LogP contribution is 2.18. The summed E-state index contributed by atoms with van der Waals surface area (Å²) in [4.78, 5) is 11.9. The summed E-state index contributed by atoms with van der Waals surface area (Å²) in [5, 5.41) is 6.82. The fraction of sp³-hybridized carbons (Fsp3) is 0.333. The van der Waals surface area contributed by atoms with Crippen molar-refractivity contribution in [3.8, 4) is 0 Å². The van der Waals surface area contributed by atoms with Gasteiger partial charge in [0.2, 0.25) is 0 Å². The first-order valence-electron chi connectivity index (χ1n) is 7.74. The minimum atomic E-state index is -0.354. The van der Waals surface area contributed by atoms with Crippen molar-refractivity contribution >= 4 is 17.9 Å². The Bertz CT molecular complexity index is 729. The predicted octanol–water partition coefficient (Wildman–Crippen LogP) is 4.15. The van der Waals surface area contributed by atoms with E-state index in [1.807, 2.05) is 31.2 Å². The van der Waals surface area contributed by atoms with E-state index in [4.69, 9.17) is 0 Å². The van der Waals surface area contributed by atoms with Crippen LogP contribution in [0.25, 0.3) is 0 Å². The summed E-state index contributed by atoms with van der Waals surface area (Å²) >= 11 is 0. The van der Waals surface area contributed by atoms with E-state index < -0.39 is 0 Å². The van der Waals surface area contributed by atoms with Crippen molar-refractivity contribution in [1.82, 2.24) is 9.99 Å². The summed E-state index contributed by atoms with van der Waals surface area (Å²) < 4.78 is 2.24. The second kappa shape index (κ2) is 7.13. The Kier molecular flexibility index (Phi) is 5.21. The third-order valence-corrected chi connectivity index (χ3v) is 3.80. The van der Waals surface area contributed by atoms with Gasteiger partial charge in [0.05, 0.1) is 6.21 Å². The number of anilines is 1. The SMILES string of the molecule is Cc1ccccc1NC(=O)NN=Cc1cc(C)n(C(C)C)c1C. The number of urea groups is 1. The Morgan fingerprint density at radius 3 is 2.52 bits per heavy atom. The van der Waals surface area contributed by atoms with E-state index in [1.165, 1.54) is 5.69 Å². The second-order valence-corrected chi connectivity index (χ2v) is 5.93. The van der Waals surface area contributed by atoms with E-state index >= 15 is 0 Å². The molecule has 5 heteroatoms. The van der Waals surface area contributed by atoms with E-state index in [1.54, 1.807) is 6.21 Å². The van der Waals surface area contributed by atoms with Crippen LogP contribution in [0.15, 0.2) is 35.4 Å². The summed E-state index contributed by atoms with van der Waals surface area (Å²) in [5.74, 6) is 0. The summed E-state index contributed by atoms with van der Waals surface area (Å²) in [7, 11) is 0. The van der Waals surface area contributed by atoms with E-state index in [2.05, 4.69) is 54.2 Å². The van der Waals surface area contributed by atoms with Crippen molar-refractivity contribution in [1.29, 1.82) is 0 Å². The summed E-state index contributed by atoms with van der Waals surface area (Å²) in [6.45, 7) is 10.4. The molecular formula is C18H24N4O. The van der Waals surface area contributed by atoms with E-state index in [0.717, 1.165) is 22.5 Å². The molecule has 1 aromatic heterocycles. The molecule has 5 nitrogen and oxygen atoms in total. The standard InChI is InChI=1S/C18H24N4O/c1-12(2)22-14(4)10-16(15(22)5)11-19-21-18(23)20-17-9-7-6-8-13(17)3/h6-12H,1-5H3,(H2,20,21,23). The quantitative estimate of drug-likeness (QED) is 0.646. The zero-order chi connectivity index (χ0) is 17.0. The van der Waals surface area contributed by atoms with Crippen molar-refractivity contribution in [2.45, 2.75) is 40.7 Å². The van der Waals surface area contributed by atoms with Gasteiger partial charge in [0, 0.05) is 28.7 Å². The molecule has 2 N–H and O–H groups in total. The number of amides is 2. The third kappa shape index (κ3) is 4.00. The molecule has 0 aliphatic carbocycles. The average Bonchev–Trinajstić information content (AvgIpc) is 2.76. The Morgan fingerprint density at radius 1 is 1.22 bits per heavy atom. The number of para-hydroxylation sites is 1. The van der Waals surface area contributed by atoms with Gasteiger partial charge in [-0.05, 0) is 52.3 Å². The van der Waals surface area contributed by atoms with Gasteiger partial charge in [-0.25, -0.2) is 10.2 Å². The molecule has 0 aliphatic heterocycles. The minimum absolute atomic E-state index is 0.354. The molecule has 122 valence electrons. The molecule has 0 bridgehead atoms. The first kappa shape index (κ1) is 16.8. The second-order valence-electron chi connectivity index (χ2n) is 5.93. The molecule has 2 amide bonds. The molecule has 0 radical (unpaired) electrons. The average molecular weight is 312 g/mol. The van der Waals surface area contributed by atoms with Gasteiger partial charge in [0.25, 0.3) is 0 Å². The summed E-state index contributed by atoms with van der Waals surface area (Å²) in [5.41, 5.74) is 7.62. The number of benzene rings is 1. The number of aromatic nitrogens is 1. The lowest BCUT2D eigenvalue weighted by molar-refractivity contribution is 0.252. The zero-order valence-corrected chi connectivity index (χ0v) is 14.3. The van der Waals surface area contributed by atoms with Crippen LogP contribution in [-0.2, 0) is 0 Å². The maximum Gasteiger partial charge on any atom is 0.339 e. The van der Waals surface area contributed by atoms with Crippen LogP contribution < -0.4 is 10.7 Å². The van der Waals surface area contributed by atoms with E-state index in [0.29, 0.717) is 6.04 Å². The molecule has 1 heterocycles. The molecule has 23 heavy (non-hydrogen) atoms. The number of carbonyl (C=O) groups excluding carboxylic acids is 1. The maximum absolute atomic E-state index is 11.9. The van der Waals surface area contributed by atoms with Crippen LogP contribution in [0.1, 0.15) is 42.4 Å². The van der Waals surface area contributed by atoms with Gasteiger partial charge in [-0.15, -0.1) is 0 Å². The van der Waals surface area contributed by atoms with Gasteiger partial charge in [-0.1, -0.05) is 18.2 Å². The number of aryl methyl sites for hydroxylation is 2. The summed E-state index contributed by atoms with van der Waals surface area (Å²) in [6, 6.07) is 9.73. The number of carbonyl (C=O) groups is 1. The highest BCUT2D eigenvalue weighted by atomic mass is 16.2. The molecule has 1 aromatic carbocycles. The third-order valence-electron chi connectivity index (χ3n) is 3.80. The van der Waals surface area contributed by atoms with Crippen molar-refractivity contribution in [2.75, 3.05) is 5.32 Å². The lowest BCUT2D eigenvalue weighted by atomic mass is 10.2. The Balaban J connectivity index is 2.01. The largest absolute Gasteiger partial charge is 0.346 e. The molecule has 0 saturated heterocycles. The first-order valence-corrected chi connectivity index (χ1v) is 7.74. The smallest absolute Gasteiger partial charge is 0.339 e. The Labute approximate surface area is 137 Å². The van der Waals surface area contributed by atoms with Gasteiger partial charge in [-0.2, -0.15) is 5.10 Å². The fourth-order valence-corrected chi connectivity index (χ4v) is 2.75. The molecule has 0 atom stereocenters. The van der Waals surface area contributed by atoms with Gasteiger partial charge in [0.15, 0.2) is 0 Å². The highest BCUT2D eigenvalue weighted by molar-refractivity contribution is 5.91. The fourth-order valence-electron chi connectivity index (χ4n) is 2.75. The first-order chi connectivity index (χ1) is 10.9. The Hall–Kier alpha value is -2.56. The highest BCUT2D eigenvalue weighted by Gasteiger charge is 2.10. The molecule has 0 saturated carbocycles. The number of nitrogens with one attached hydrogen (secondary N) is 2. The van der Waals surface area contributed by atoms with Crippen LogP contribution in [0.5, 0.6) is 0 Å². The van der Waals surface area contributed by atoms with Crippen LogP contribution in [0.3, 0.4) is 0 Å². The number of hydrogen-bond donors (Lipinski definition) is 2. The molecular weight excluding hydrogens is 288 g/mol. The lowest BCUT2D eigenvalue weighted by Gasteiger charge is -2.13.